The van der Waals surface area contributed by atoms with E-state index in [1.807, 2.05) is 12.3 Å². The fourth-order valence-electron chi connectivity index (χ4n) is 2.74. The SMILES string of the molecule is NC1CCCc2ccc(OCCc3cccnc3)cc21. The summed E-state index contributed by atoms with van der Waals surface area (Å²) in [5.41, 5.74) is 10.0. The van der Waals surface area contributed by atoms with E-state index < -0.39 is 0 Å². The molecule has 0 saturated carbocycles. The van der Waals surface area contributed by atoms with Gasteiger partial charge < -0.3 is 10.5 Å². The van der Waals surface area contributed by atoms with Gasteiger partial charge in [-0.25, -0.2) is 0 Å². The quantitative estimate of drug-likeness (QED) is 0.927. The van der Waals surface area contributed by atoms with Crippen LogP contribution < -0.4 is 10.5 Å². The van der Waals surface area contributed by atoms with Gasteiger partial charge in [0.25, 0.3) is 0 Å². The highest BCUT2D eigenvalue weighted by Gasteiger charge is 2.17. The van der Waals surface area contributed by atoms with Gasteiger partial charge in [-0.2, -0.15) is 0 Å². The van der Waals surface area contributed by atoms with Gasteiger partial charge in [0.1, 0.15) is 5.75 Å². The number of nitrogens with zero attached hydrogens (tertiary/aromatic N) is 1. The first-order chi connectivity index (χ1) is 9.83. The van der Waals surface area contributed by atoms with Crippen LogP contribution in [-0.4, -0.2) is 11.6 Å². The van der Waals surface area contributed by atoms with Crippen LogP contribution in [0.2, 0.25) is 0 Å². The highest BCUT2D eigenvalue weighted by atomic mass is 16.5. The van der Waals surface area contributed by atoms with Crippen molar-refractivity contribution in [2.45, 2.75) is 31.7 Å². The summed E-state index contributed by atoms with van der Waals surface area (Å²) in [6, 6.07) is 10.5. The zero-order valence-electron chi connectivity index (χ0n) is 11.6. The minimum Gasteiger partial charge on any atom is -0.493 e. The molecule has 0 amide bonds. The smallest absolute Gasteiger partial charge is 0.119 e. The summed E-state index contributed by atoms with van der Waals surface area (Å²) in [7, 11) is 0. The number of pyridine rings is 1. The first-order valence-corrected chi connectivity index (χ1v) is 7.23. The lowest BCUT2D eigenvalue weighted by Crippen LogP contribution is -2.17. The second-order valence-electron chi connectivity index (χ2n) is 5.32. The number of fused-ring (bicyclic) bond motifs is 1. The number of aromatic nitrogens is 1. The number of hydrogen-bond donors (Lipinski definition) is 1. The van der Waals surface area contributed by atoms with E-state index in [9.17, 15) is 0 Å². The summed E-state index contributed by atoms with van der Waals surface area (Å²) in [6.45, 7) is 0.666. The molecular weight excluding hydrogens is 248 g/mol. The van der Waals surface area contributed by atoms with E-state index in [-0.39, 0.29) is 6.04 Å². The van der Waals surface area contributed by atoms with E-state index in [1.165, 1.54) is 23.1 Å². The molecule has 0 fully saturated rings. The maximum atomic E-state index is 6.17. The Labute approximate surface area is 119 Å². The van der Waals surface area contributed by atoms with Crippen LogP contribution in [0.1, 0.15) is 35.6 Å². The lowest BCUT2D eigenvalue weighted by molar-refractivity contribution is 0.321. The van der Waals surface area contributed by atoms with Crippen LogP contribution in [0.4, 0.5) is 0 Å². The molecule has 1 aliphatic carbocycles. The molecule has 0 spiro atoms. The second-order valence-corrected chi connectivity index (χ2v) is 5.32. The summed E-state index contributed by atoms with van der Waals surface area (Å²) in [4.78, 5) is 4.11. The second kappa shape index (κ2) is 6.06. The lowest BCUT2D eigenvalue weighted by atomic mass is 9.88. The molecule has 104 valence electrons. The summed E-state index contributed by atoms with van der Waals surface area (Å²) >= 11 is 0. The summed E-state index contributed by atoms with van der Waals surface area (Å²) < 4.78 is 5.84. The molecule has 2 N–H and O–H groups in total. The predicted molar refractivity (Wildman–Crippen MR) is 79.7 cm³/mol. The maximum Gasteiger partial charge on any atom is 0.119 e. The summed E-state index contributed by atoms with van der Waals surface area (Å²) in [6.07, 6.45) is 7.94. The number of aryl methyl sites for hydroxylation is 1. The van der Waals surface area contributed by atoms with Crippen LogP contribution in [0.3, 0.4) is 0 Å². The number of ether oxygens (including phenoxy) is 1. The van der Waals surface area contributed by atoms with Crippen molar-refractivity contribution in [3.63, 3.8) is 0 Å². The van der Waals surface area contributed by atoms with Crippen molar-refractivity contribution in [3.05, 3.63) is 59.4 Å². The zero-order chi connectivity index (χ0) is 13.8. The van der Waals surface area contributed by atoms with Crippen molar-refractivity contribution in [1.29, 1.82) is 0 Å². The van der Waals surface area contributed by atoms with Crippen LogP contribution >= 0.6 is 0 Å². The molecule has 0 radical (unpaired) electrons. The standard InChI is InChI=1S/C17H20N2O/c18-17-5-1-4-14-6-7-15(11-16(14)17)20-10-8-13-3-2-9-19-12-13/h2-3,6-7,9,11-12,17H,1,4-5,8,10,18H2. The first-order valence-electron chi connectivity index (χ1n) is 7.23. The maximum absolute atomic E-state index is 6.17. The van der Waals surface area contributed by atoms with Crippen molar-refractivity contribution in [2.24, 2.45) is 5.73 Å². The Kier molecular flexibility index (Phi) is 3.97. The minimum absolute atomic E-state index is 0.167. The Hall–Kier alpha value is -1.87. The van der Waals surface area contributed by atoms with E-state index >= 15 is 0 Å². The van der Waals surface area contributed by atoms with E-state index in [0.717, 1.165) is 25.0 Å². The first kappa shape index (κ1) is 13.1. The van der Waals surface area contributed by atoms with E-state index in [0.29, 0.717) is 6.61 Å². The Morgan fingerprint density at radius 1 is 1.30 bits per heavy atom. The van der Waals surface area contributed by atoms with Crippen molar-refractivity contribution in [1.82, 2.24) is 4.98 Å². The molecule has 1 heterocycles. The molecule has 2 aromatic rings. The van der Waals surface area contributed by atoms with Gasteiger partial charge in [0.15, 0.2) is 0 Å². The third-order valence-corrected chi connectivity index (χ3v) is 3.86. The molecule has 20 heavy (non-hydrogen) atoms. The average Bonchev–Trinajstić information content (AvgIpc) is 2.49. The van der Waals surface area contributed by atoms with Gasteiger partial charge in [-0.1, -0.05) is 12.1 Å². The van der Waals surface area contributed by atoms with Crippen LogP contribution in [0.15, 0.2) is 42.7 Å². The molecule has 0 bridgehead atoms. The van der Waals surface area contributed by atoms with Crippen LogP contribution in [0, 0.1) is 0 Å². The molecule has 1 aromatic heterocycles. The number of rotatable bonds is 4. The largest absolute Gasteiger partial charge is 0.493 e. The van der Waals surface area contributed by atoms with Crippen molar-refractivity contribution in [3.8, 4) is 5.75 Å². The van der Waals surface area contributed by atoms with Crippen LogP contribution in [0.25, 0.3) is 0 Å². The van der Waals surface area contributed by atoms with Gasteiger partial charge in [0.2, 0.25) is 0 Å². The van der Waals surface area contributed by atoms with E-state index in [1.54, 1.807) is 6.20 Å². The Balaban J connectivity index is 1.62. The third-order valence-electron chi connectivity index (χ3n) is 3.86. The molecule has 0 saturated heterocycles. The molecule has 3 nitrogen and oxygen atoms in total. The van der Waals surface area contributed by atoms with Gasteiger partial charge in [-0.05, 0) is 54.2 Å². The van der Waals surface area contributed by atoms with Gasteiger partial charge in [0.05, 0.1) is 6.61 Å². The number of hydrogen-bond acceptors (Lipinski definition) is 3. The predicted octanol–water partition coefficient (Wildman–Crippen LogP) is 3.04. The molecule has 1 aliphatic rings. The molecule has 1 unspecified atom stereocenters. The van der Waals surface area contributed by atoms with Gasteiger partial charge in [-0.15, -0.1) is 0 Å². The Bertz CT molecular complexity index is 568. The van der Waals surface area contributed by atoms with Crippen molar-refractivity contribution in [2.75, 3.05) is 6.61 Å². The van der Waals surface area contributed by atoms with Gasteiger partial charge in [-0.3, -0.25) is 4.98 Å². The average molecular weight is 268 g/mol. The van der Waals surface area contributed by atoms with E-state index in [2.05, 4.69) is 29.2 Å². The van der Waals surface area contributed by atoms with Crippen molar-refractivity contribution < 1.29 is 4.74 Å². The van der Waals surface area contributed by atoms with Gasteiger partial charge in [0, 0.05) is 24.9 Å². The topological polar surface area (TPSA) is 48.1 Å². The molecule has 1 aromatic carbocycles. The third kappa shape index (κ3) is 2.99. The summed E-state index contributed by atoms with van der Waals surface area (Å²) in [5.74, 6) is 0.921. The van der Waals surface area contributed by atoms with E-state index in [4.69, 9.17) is 10.5 Å². The molecule has 3 heteroatoms. The highest BCUT2D eigenvalue weighted by Crippen LogP contribution is 2.30. The Morgan fingerprint density at radius 3 is 3.10 bits per heavy atom. The molecular formula is C17H20N2O. The van der Waals surface area contributed by atoms with Crippen LogP contribution in [0.5, 0.6) is 5.75 Å². The van der Waals surface area contributed by atoms with Crippen LogP contribution in [-0.2, 0) is 12.8 Å². The lowest BCUT2D eigenvalue weighted by Gasteiger charge is -2.22. The molecule has 0 aliphatic heterocycles. The summed E-state index contributed by atoms with van der Waals surface area (Å²) in [5, 5.41) is 0. The number of benzene rings is 1. The monoisotopic (exact) mass is 268 g/mol. The minimum atomic E-state index is 0.167. The fourth-order valence-corrected chi connectivity index (χ4v) is 2.74. The highest BCUT2D eigenvalue weighted by molar-refractivity contribution is 5.39. The fraction of sp³-hybridized carbons (Fsp3) is 0.353. The molecule has 3 rings (SSSR count). The zero-order valence-corrected chi connectivity index (χ0v) is 11.6. The van der Waals surface area contributed by atoms with Crippen molar-refractivity contribution >= 4 is 0 Å². The van der Waals surface area contributed by atoms with Gasteiger partial charge >= 0.3 is 0 Å². The Morgan fingerprint density at radius 2 is 2.25 bits per heavy atom. The number of nitrogens with two attached hydrogens (primary N) is 1. The normalized spacial score (nSPS) is 17.6. The molecule has 1 atom stereocenters.